The normalized spacial score (nSPS) is 22.0. The zero-order valence-electron chi connectivity index (χ0n) is 13.8. The molecule has 2 heterocycles. The second kappa shape index (κ2) is 6.07. The van der Waals surface area contributed by atoms with E-state index in [1.165, 1.54) is 6.20 Å². The third-order valence-corrected chi connectivity index (χ3v) is 4.35. The molecule has 3 rings (SSSR count). The average molecular weight is 329 g/mol. The van der Waals surface area contributed by atoms with Crippen LogP contribution in [0.15, 0.2) is 24.5 Å². The predicted molar refractivity (Wildman–Crippen MR) is 85.5 cm³/mol. The molecule has 2 atom stereocenters. The highest BCUT2D eigenvalue weighted by Gasteiger charge is 2.52. The van der Waals surface area contributed by atoms with Crippen LogP contribution >= 0.6 is 0 Å². The van der Waals surface area contributed by atoms with Crippen LogP contribution in [0.3, 0.4) is 0 Å². The van der Waals surface area contributed by atoms with Gasteiger partial charge >= 0.3 is 5.97 Å². The zero-order chi connectivity index (χ0) is 17.3. The lowest BCUT2D eigenvalue weighted by atomic mass is 10.1. The molecule has 0 aromatic carbocycles. The van der Waals surface area contributed by atoms with Crippen molar-refractivity contribution in [1.82, 2.24) is 15.0 Å². The number of hydrogen-bond donors (Lipinski definition) is 1. The van der Waals surface area contributed by atoms with Gasteiger partial charge in [0.2, 0.25) is 5.88 Å². The summed E-state index contributed by atoms with van der Waals surface area (Å²) in [4.78, 5) is 23.7. The molecule has 0 saturated heterocycles. The summed E-state index contributed by atoms with van der Waals surface area (Å²) >= 11 is 0. The van der Waals surface area contributed by atoms with Gasteiger partial charge in [-0.05, 0) is 25.5 Å². The highest BCUT2D eigenvalue weighted by Crippen LogP contribution is 2.58. The van der Waals surface area contributed by atoms with Gasteiger partial charge in [0.15, 0.2) is 0 Å². The fourth-order valence-corrected chi connectivity index (χ4v) is 2.69. The van der Waals surface area contributed by atoms with Gasteiger partial charge in [-0.25, -0.2) is 9.78 Å². The van der Waals surface area contributed by atoms with E-state index in [1.807, 2.05) is 12.1 Å². The van der Waals surface area contributed by atoms with Gasteiger partial charge < -0.3 is 14.6 Å². The standard InChI is InChI=1S/C17H19N3O4/c1-10-18-8-12(16(21)22)15(20-10)24-9-17(2)6-13(17)14-5-4-11(23-3)7-19-14/h4-5,7-8,13H,6,9H2,1-3H3,(H,21,22)/t13-,17+/m0/s1. The van der Waals surface area contributed by atoms with Crippen LogP contribution in [0.1, 0.15) is 41.1 Å². The van der Waals surface area contributed by atoms with E-state index < -0.39 is 5.97 Å². The second-order valence-corrected chi connectivity index (χ2v) is 6.26. The minimum absolute atomic E-state index is 0.0241. The zero-order valence-corrected chi connectivity index (χ0v) is 13.8. The summed E-state index contributed by atoms with van der Waals surface area (Å²) in [5.41, 5.74) is 0.874. The summed E-state index contributed by atoms with van der Waals surface area (Å²) in [7, 11) is 1.61. The number of hydrogen-bond acceptors (Lipinski definition) is 6. The van der Waals surface area contributed by atoms with Crippen LogP contribution in [0.5, 0.6) is 11.6 Å². The number of aryl methyl sites for hydroxylation is 1. The Bertz CT molecular complexity index is 763. The SMILES string of the molecule is COc1ccc([C@@H]2C[C@]2(C)COc2nc(C)ncc2C(=O)O)nc1. The molecule has 1 aliphatic rings. The first-order chi connectivity index (χ1) is 11.4. The minimum Gasteiger partial charge on any atom is -0.495 e. The van der Waals surface area contributed by atoms with Crippen molar-refractivity contribution in [1.29, 1.82) is 0 Å². The number of pyridine rings is 1. The van der Waals surface area contributed by atoms with E-state index in [9.17, 15) is 9.90 Å². The van der Waals surface area contributed by atoms with E-state index >= 15 is 0 Å². The lowest BCUT2D eigenvalue weighted by Gasteiger charge is -2.14. The van der Waals surface area contributed by atoms with Crippen molar-refractivity contribution < 1.29 is 19.4 Å². The second-order valence-electron chi connectivity index (χ2n) is 6.26. The summed E-state index contributed by atoms with van der Waals surface area (Å²) < 4.78 is 10.8. The summed E-state index contributed by atoms with van der Waals surface area (Å²) in [6.45, 7) is 4.17. The topological polar surface area (TPSA) is 94.4 Å². The molecule has 1 saturated carbocycles. The highest BCUT2D eigenvalue weighted by molar-refractivity contribution is 5.89. The minimum atomic E-state index is -1.10. The third kappa shape index (κ3) is 3.15. The number of methoxy groups -OCH3 is 1. The number of nitrogens with zero attached hydrogens (tertiary/aromatic N) is 3. The van der Waals surface area contributed by atoms with Crippen molar-refractivity contribution in [2.24, 2.45) is 5.41 Å². The number of aromatic carboxylic acids is 1. The van der Waals surface area contributed by atoms with E-state index in [4.69, 9.17) is 9.47 Å². The van der Waals surface area contributed by atoms with Gasteiger partial charge in [-0.1, -0.05) is 6.92 Å². The van der Waals surface area contributed by atoms with Crippen LogP contribution in [0.2, 0.25) is 0 Å². The first kappa shape index (κ1) is 16.2. The number of carbonyl (C=O) groups is 1. The van der Waals surface area contributed by atoms with Crippen molar-refractivity contribution in [3.05, 3.63) is 41.6 Å². The van der Waals surface area contributed by atoms with Crippen molar-refractivity contribution in [2.75, 3.05) is 13.7 Å². The number of aromatic nitrogens is 3. The summed E-state index contributed by atoms with van der Waals surface area (Å²) in [6.07, 6.45) is 3.90. The van der Waals surface area contributed by atoms with Gasteiger partial charge in [0.25, 0.3) is 0 Å². The van der Waals surface area contributed by atoms with Gasteiger partial charge in [0.05, 0.1) is 19.9 Å². The molecule has 1 N–H and O–H groups in total. The molecule has 2 aromatic heterocycles. The van der Waals surface area contributed by atoms with Gasteiger partial charge in [-0.2, -0.15) is 4.98 Å². The molecule has 0 spiro atoms. The molecule has 24 heavy (non-hydrogen) atoms. The fraction of sp³-hybridized carbons (Fsp3) is 0.412. The quantitative estimate of drug-likeness (QED) is 0.870. The molecular formula is C17H19N3O4. The molecule has 126 valence electrons. The largest absolute Gasteiger partial charge is 0.495 e. The summed E-state index contributed by atoms with van der Waals surface area (Å²) in [5.74, 6) is 0.493. The van der Waals surface area contributed by atoms with Crippen LogP contribution < -0.4 is 9.47 Å². The van der Waals surface area contributed by atoms with E-state index in [1.54, 1.807) is 20.2 Å². The first-order valence-corrected chi connectivity index (χ1v) is 7.62. The third-order valence-electron chi connectivity index (χ3n) is 4.35. The van der Waals surface area contributed by atoms with Crippen molar-refractivity contribution in [2.45, 2.75) is 26.2 Å². The monoisotopic (exact) mass is 329 g/mol. The van der Waals surface area contributed by atoms with E-state index in [2.05, 4.69) is 21.9 Å². The Labute approximate surface area is 139 Å². The van der Waals surface area contributed by atoms with E-state index in [0.717, 1.165) is 17.9 Å². The lowest BCUT2D eigenvalue weighted by molar-refractivity contribution is 0.0689. The number of carboxylic acids is 1. The molecular weight excluding hydrogens is 310 g/mol. The molecule has 0 radical (unpaired) electrons. The van der Waals surface area contributed by atoms with Gasteiger partial charge in [0, 0.05) is 23.2 Å². The Morgan fingerprint density at radius 2 is 2.17 bits per heavy atom. The molecule has 1 fully saturated rings. The molecule has 1 aliphatic carbocycles. The Balaban J connectivity index is 1.69. The maximum atomic E-state index is 11.2. The van der Waals surface area contributed by atoms with Crippen LogP contribution in [0.25, 0.3) is 0 Å². The van der Waals surface area contributed by atoms with E-state index in [-0.39, 0.29) is 22.8 Å². The predicted octanol–water partition coefficient (Wildman–Crippen LogP) is 2.46. The molecule has 0 unspecified atom stereocenters. The molecule has 7 heteroatoms. The molecule has 0 aliphatic heterocycles. The number of ether oxygens (including phenoxy) is 2. The van der Waals surface area contributed by atoms with Gasteiger partial charge in [-0.15, -0.1) is 0 Å². The summed E-state index contributed by atoms with van der Waals surface area (Å²) in [5, 5.41) is 9.20. The van der Waals surface area contributed by atoms with Crippen LogP contribution in [0.4, 0.5) is 0 Å². The molecule has 7 nitrogen and oxygen atoms in total. The lowest BCUT2D eigenvalue weighted by Crippen LogP contribution is -2.15. The van der Waals surface area contributed by atoms with Crippen molar-refractivity contribution >= 4 is 5.97 Å². The number of rotatable bonds is 6. The molecule has 0 amide bonds. The van der Waals surface area contributed by atoms with Crippen molar-refractivity contribution in [3.8, 4) is 11.6 Å². The molecule has 0 bridgehead atoms. The summed E-state index contributed by atoms with van der Waals surface area (Å²) in [6, 6.07) is 3.84. The molecule has 2 aromatic rings. The Morgan fingerprint density at radius 3 is 2.79 bits per heavy atom. The van der Waals surface area contributed by atoms with Gasteiger partial charge in [-0.3, -0.25) is 4.98 Å². The fourth-order valence-electron chi connectivity index (χ4n) is 2.69. The van der Waals surface area contributed by atoms with Crippen LogP contribution in [-0.2, 0) is 0 Å². The maximum absolute atomic E-state index is 11.2. The van der Waals surface area contributed by atoms with Gasteiger partial charge in [0.1, 0.15) is 17.1 Å². The first-order valence-electron chi connectivity index (χ1n) is 7.62. The van der Waals surface area contributed by atoms with Crippen molar-refractivity contribution in [3.63, 3.8) is 0 Å². The van der Waals surface area contributed by atoms with E-state index in [0.29, 0.717) is 12.4 Å². The average Bonchev–Trinajstić information content (AvgIpc) is 3.25. The smallest absolute Gasteiger partial charge is 0.342 e. The van der Waals surface area contributed by atoms with Crippen LogP contribution in [-0.4, -0.2) is 39.7 Å². The Kier molecular flexibility index (Phi) is 4.09. The van der Waals surface area contributed by atoms with Crippen LogP contribution in [0, 0.1) is 12.3 Å². The highest BCUT2D eigenvalue weighted by atomic mass is 16.5. The Morgan fingerprint density at radius 1 is 1.38 bits per heavy atom. The maximum Gasteiger partial charge on any atom is 0.342 e. The Hall–Kier alpha value is -2.70. The number of carboxylic acid groups (broad SMARTS) is 1.